The van der Waals surface area contributed by atoms with Crippen LogP contribution in [0.25, 0.3) is 16.7 Å². The fourth-order valence-corrected chi connectivity index (χ4v) is 3.67. The second-order valence-corrected chi connectivity index (χ2v) is 7.45. The average molecular weight is 447 g/mol. The highest BCUT2D eigenvalue weighted by Crippen LogP contribution is 2.15. The van der Waals surface area contributed by atoms with Crippen LogP contribution >= 0.6 is 0 Å². The maximum absolute atomic E-state index is 14.2. The van der Waals surface area contributed by atoms with E-state index in [1.54, 1.807) is 24.4 Å². The molecule has 4 rings (SSSR count). The third-order valence-electron chi connectivity index (χ3n) is 5.28. The molecule has 1 aromatic carbocycles. The number of nitrogens with zero attached hydrogens (tertiary/aromatic N) is 5. The molecule has 0 spiro atoms. The van der Waals surface area contributed by atoms with Gasteiger partial charge in [-0.3, -0.25) is 14.0 Å². The highest BCUT2D eigenvalue weighted by atomic mass is 19.1. The maximum atomic E-state index is 14.2. The molecule has 33 heavy (non-hydrogen) atoms. The van der Waals surface area contributed by atoms with Crippen molar-refractivity contribution < 1.29 is 13.6 Å². The Hall–Kier alpha value is -4.19. The third-order valence-corrected chi connectivity index (χ3v) is 5.28. The van der Waals surface area contributed by atoms with Gasteiger partial charge in [0.1, 0.15) is 34.6 Å². The topological polar surface area (TPSA) is 92.5 Å². The zero-order valence-electron chi connectivity index (χ0n) is 17.8. The lowest BCUT2D eigenvalue weighted by atomic mass is 10.1. The van der Waals surface area contributed by atoms with Crippen molar-refractivity contribution in [3.05, 3.63) is 87.3 Å². The molecule has 0 saturated heterocycles. The molecule has 0 N–H and O–H groups in total. The Morgan fingerprint density at radius 1 is 1.15 bits per heavy atom. The zero-order chi connectivity index (χ0) is 23.5. The van der Waals surface area contributed by atoms with Gasteiger partial charge in [-0.2, -0.15) is 10.3 Å². The van der Waals surface area contributed by atoms with Gasteiger partial charge in [-0.05, 0) is 36.8 Å². The third kappa shape index (κ3) is 4.03. The first-order chi connectivity index (χ1) is 16.0. The average Bonchev–Trinajstić information content (AvgIpc) is 2.80. The van der Waals surface area contributed by atoms with E-state index in [9.17, 15) is 23.6 Å². The fraction of sp³-hybridized carbons (Fsp3) is 0.208. The summed E-state index contributed by atoms with van der Waals surface area (Å²) >= 11 is 0. The minimum absolute atomic E-state index is 0.0705. The first-order valence-corrected chi connectivity index (χ1v) is 10.4. The number of unbranched alkanes of at least 4 members (excludes halogenated alkanes) is 2. The number of hydrogen-bond donors (Lipinski definition) is 0. The lowest BCUT2D eigenvalue weighted by Crippen LogP contribution is -2.30. The van der Waals surface area contributed by atoms with E-state index in [-0.39, 0.29) is 27.6 Å². The van der Waals surface area contributed by atoms with E-state index >= 15 is 0 Å². The van der Waals surface area contributed by atoms with Crippen molar-refractivity contribution >= 4 is 22.6 Å². The Balaban J connectivity index is 2.08. The summed E-state index contributed by atoms with van der Waals surface area (Å²) in [5.41, 5.74) is -0.745. The molecule has 0 aliphatic rings. The molecule has 4 aromatic rings. The van der Waals surface area contributed by atoms with Crippen LogP contribution in [0.3, 0.4) is 0 Å². The molecule has 0 unspecified atom stereocenters. The van der Waals surface area contributed by atoms with E-state index in [2.05, 4.69) is 9.98 Å². The van der Waals surface area contributed by atoms with Crippen LogP contribution in [-0.2, 0) is 6.54 Å². The quantitative estimate of drug-likeness (QED) is 0.344. The number of carbonyl (C=O) groups excluding carboxylic acids is 1. The summed E-state index contributed by atoms with van der Waals surface area (Å²) < 4.78 is 31.2. The predicted molar refractivity (Wildman–Crippen MR) is 117 cm³/mol. The molecule has 7 nitrogen and oxygen atoms in total. The molecule has 0 saturated carbocycles. The van der Waals surface area contributed by atoms with Gasteiger partial charge in [0.15, 0.2) is 5.49 Å². The summed E-state index contributed by atoms with van der Waals surface area (Å²) in [7, 11) is 0. The van der Waals surface area contributed by atoms with Crippen molar-refractivity contribution in [2.75, 3.05) is 0 Å². The van der Waals surface area contributed by atoms with E-state index in [0.29, 0.717) is 18.6 Å². The van der Waals surface area contributed by atoms with Gasteiger partial charge < -0.3 is 4.57 Å². The molecule has 1 amide bonds. The summed E-state index contributed by atoms with van der Waals surface area (Å²) in [6.07, 6.45) is 3.97. The molecule has 0 fully saturated rings. The first-order valence-electron chi connectivity index (χ1n) is 10.4. The molecule has 0 aliphatic carbocycles. The number of aryl methyl sites for hydroxylation is 1. The summed E-state index contributed by atoms with van der Waals surface area (Å²) in [6, 6.07) is 11.4. The molecule has 3 heterocycles. The van der Waals surface area contributed by atoms with Crippen LogP contribution in [-0.4, -0.2) is 19.9 Å². The maximum Gasteiger partial charge on any atom is 0.284 e. The van der Waals surface area contributed by atoms with E-state index in [4.69, 9.17) is 0 Å². The van der Waals surface area contributed by atoms with Gasteiger partial charge >= 0.3 is 0 Å². The van der Waals surface area contributed by atoms with Gasteiger partial charge in [-0.1, -0.05) is 31.9 Å². The minimum Gasteiger partial charge on any atom is -0.309 e. The number of halogens is 2. The van der Waals surface area contributed by atoms with Crippen LogP contribution in [0, 0.1) is 23.0 Å². The summed E-state index contributed by atoms with van der Waals surface area (Å²) in [4.78, 5) is 34.4. The van der Waals surface area contributed by atoms with E-state index in [0.717, 1.165) is 31.0 Å². The molecule has 0 atom stereocenters. The number of carbonyl (C=O) groups is 1. The Bertz CT molecular complexity index is 1540. The van der Waals surface area contributed by atoms with Crippen molar-refractivity contribution in [1.29, 1.82) is 5.26 Å². The van der Waals surface area contributed by atoms with Gasteiger partial charge in [0.2, 0.25) is 0 Å². The Labute approximate surface area is 186 Å². The zero-order valence-corrected chi connectivity index (χ0v) is 17.8. The molecule has 166 valence electrons. The van der Waals surface area contributed by atoms with Crippen LogP contribution in [0.1, 0.15) is 42.1 Å². The first kappa shape index (κ1) is 22.0. The Morgan fingerprint density at radius 2 is 1.91 bits per heavy atom. The fourth-order valence-electron chi connectivity index (χ4n) is 3.67. The largest absolute Gasteiger partial charge is 0.309 e. The summed E-state index contributed by atoms with van der Waals surface area (Å²) in [5, 5.41) is 9.93. The number of amides is 1. The van der Waals surface area contributed by atoms with Gasteiger partial charge in [-0.15, -0.1) is 0 Å². The van der Waals surface area contributed by atoms with Gasteiger partial charge in [0, 0.05) is 12.7 Å². The molecule has 9 heteroatoms. The van der Waals surface area contributed by atoms with Crippen molar-refractivity contribution in [2.24, 2.45) is 4.99 Å². The van der Waals surface area contributed by atoms with Crippen LogP contribution < -0.4 is 11.0 Å². The van der Waals surface area contributed by atoms with E-state index in [1.165, 1.54) is 15.0 Å². The molecular formula is C24H19F2N5O2. The molecule has 3 aromatic heterocycles. The van der Waals surface area contributed by atoms with Crippen LogP contribution in [0.4, 0.5) is 8.78 Å². The number of fused-ring (bicyclic) bond motifs is 2. The van der Waals surface area contributed by atoms with Crippen molar-refractivity contribution in [2.45, 2.75) is 32.7 Å². The number of rotatable bonds is 5. The van der Waals surface area contributed by atoms with Crippen LogP contribution in [0.2, 0.25) is 0 Å². The normalized spacial score (nSPS) is 11.8. The number of benzene rings is 1. The second-order valence-electron chi connectivity index (χ2n) is 7.45. The smallest absolute Gasteiger partial charge is 0.284 e. The van der Waals surface area contributed by atoms with Gasteiger partial charge in [0.25, 0.3) is 11.5 Å². The summed E-state index contributed by atoms with van der Waals surface area (Å²) in [6.45, 7) is 2.32. The number of aromatic nitrogens is 3. The lowest BCUT2D eigenvalue weighted by Gasteiger charge is -2.13. The van der Waals surface area contributed by atoms with Gasteiger partial charge in [-0.25, -0.2) is 13.8 Å². The molecule has 0 bridgehead atoms. The number of pyridine rings is 2. The van der Waals surface area contributed by atoms with E-state index in [1.807, 2.05) is 13.0 Å². The molecular weight excluding hydrogens is 428 g/mol. The molecule has 0 aliphatic heterocycles. The lowest BCUT2D eigenvalue weighted by molar-refractivity contribution is 0.0989. The van der Waals surface area contributed by atoms with Crippen molar-refractivity contribution in [1.82, 2.24) is 14.0 Å². The predicted octanol–water partition coefficient (Wildman–Crippen LogP) is 3.73. The monoisotopic (exact) mass is 447 g/mol. The van der Waals surface area contributed by atoms with Crippen LogP contribution in [0.15, 0.2) is 58.4 Å². The molecule has 0 radical (unpaired) electrons. The van der Waals surface area contributed by atoms with Crippen molar-refractivity contribution in [3.8, 4) is 6.07 Å². The van der Waals surface area contributed by atoms with E-state index < -0.39 is 23.1 Å². The SMILES string of the molecule is CCCCCn1c(=NC(=O)c2c(F)cccc2F)c(C#N)cc2c(=O)n3ccccc3nc21. The minimum atomic E-state index is -1.16. The van der Waals surface area contributed by atoms with Gasteiger partial charge in [0.05, 0.1) is 10.9 Å². The highest BCUT2D eigenvalue weighted by molar-refractivity contribution is 5.95. The van der Waals surface area contributed by atoms with Crippen molar-refractivity contribution in [3.63, 3.8) is 0 Å². The second kappa shape index (κ2) is 9.12. The van der Waals surface area contributed by atoms with Crippen LogP contribution in [0.5, 0.6) is 0 Å². The standard InChI is InChI=1S/C24H19F2N5O2/c1-2-3-5-12-31-21(29-23(32)20-17(25)8-7-9-18(20)26)15(14-27)13-16-22(31)28-19-10-4-6-11-30(19)24(16)33/h4,6-11,13H,2-3,5,12H2,1H3. The number of hydrogen-bond acceptors (Lipinski definition) is 4. The Kier molecular flexibility index (Phi) is 6.09. The number of nitriles is 1. The summed E-state index contributed by atoms with van der Waals surface area (Å²) in [5.74, 6) is -3.27. The highest BCUT2D eigenvalue weighted by Gasteiger charge is 2.19. The Morgan fingerprint density at radius 3 is 2.61 bits per heavy atom.